The first-order valence-electron chi connectivity index (χ1n) is 3.78. The van der Waals surface area contributed by atoms with Crippen molar-refractivity contribution in [3.63, 3.8) is 0 Å². The second-order valence-corrected chi connectivity index (χ2v) is 4.30. The Hall–Kier alpha value is -1.48. The zero-order valence-corrected chi connectivity index (χ0v) is 8.47. The van der Waals surface area contributed by atoms with Crippen LogP contribution in [0.4, 0.5) is 18.9 Å². The van der Waals surface area contributed by atoms with E-state index in [4.69, 9.17) is 10.9 Å². The van der Waals surface area contributed by atoms with Gasteiger partial charge in [-0.3, -0.25) is 0 Å². The van der Waals surface area contributed by atoms with Crippen molar-refractivity contribution in [2.45, 2.75) is 11.3 Å². The van der Waals surface area contributed by atoms with Gasteiger partial charge in [-0.05, 0) is 12.1 Å². The second kappa shape index (κ2) is 3.83. The molecule has 4 N–H and O–H groups in total. The molecule has 16 heavy (non-hydrogen) atoms. The van der Waals surface area contributed by atoms with Gasteiger partial charge in [0.1, 0.15) is 4.90 Å². The van der Waals surface area contributed by atoms with Crippen LogP contribution in [0.2, 0.25) is 0 Å². The van der Waals surface area contributed by atoms with E-state index in [9.17, 15) is 21.6 Å². The lowest BCUT2D eigenvalue weighted by Crippen LogP contribution is -2.21. The minimum Gasteiger partial charge on any atom is -0.402 e. The Kier molecular flexibility index (Phi) is 3.01. The van der Waals surface area contributed by atoms with Crippen LogP contribution in [-0.2, 0) is 10.0 Å². The summed E-state index contributed by atoms with van der Waals surface area (Å²) >= 11 is 0. The van der Waals surface area contributed by atoms with E-state index in [0.29, 0.717) is 0 Å². The van der Waals surface area contributed by atoms with E-state index in [-0.39, 0.29) is 0 Å². The van der Waals surface area contributed by atoms with E-state index in [0.717, 1.165) is 18.2 Å². The highest BCUT2D eigenvalue weighted by Crippen LogP contribution is 2.33. The van der Waals surface area contributed by atoms with E-state index in [1.165, 1.54) is 0 Å². The van der Waals surface area contributed by atoms with E-state index >= 15 is 0 Å². The van der Waals surface area contributed by atoms with Gasteiger partial charge in [0.15, 0.2) is 5.75 Å². The summed E-state index contributed by atoms with van der Waals surface area (Å²) in [6, 6.07) is 3.08. The number of benzene rings is 1. The summed E-state index contributed by atoms with van der Waals surface area (Å²) in [6.45, 7) is 0. The summed E-state index contributed by atoms with van der Waals surface area (Å²) in [6.07, 6.45) is -5.05. The van der Waals surface area contributed by atoms with Crippen LogP contribution < -0.4 is 15.6 Å². The third-order valence-electron chi connectivity index (χ3n) is 1.53. The quantitative estimate of drug-likeness (QED) is 0.765. The monoisotopic (exact) mass is 256 g/mol. The summed E-state index contributed by atoms with van der Waals surface area (Å²) in [5, 5.41) is 4.71. The molecule has 0 aliphatic heterocycles. The van der Waals surface area contributed by atoms with Gasteiger partial charge in [0.2, 0.25) is 10.0 Å². The van der Waals surface area contributed by atoms with Gasteiger partial charge >= 0.3 is 6.36 Å². The first kappa shape index (κ1) is 12.6. The van der Waals surface area contributed by atoms with Crippen LogP contribution in [0, 0.1) is 0 Å². The predicted octanol–water partition coefficient (Wildman–Crippen LogP) is 0.815. The van der Waals surface area contributed by atoms with Crippen LogP contribution in [-0.4, -0.2) is 14.8 Å². The van der Waals surface area contributed by atoms with Crippen LogP contribution in [0.3, 0.4) is 0 Å². The molecule has 0 heterocycles. The number of hydrogen-bond acceptors (Lipinski definition) is 4. The molecule has 0 aliphatic carbocycles. The summed E-state index contributed by atoms with van der Waals surface area (Å²) in [4.78, 5) is -0.815. The maximum atomic E-state index is 12.0. The third kappa shape index (κ3) is 3.00. The number of nitrogens with two attached hydrogens (primary N) is 2. The molecule has 0 amide bonds. The van der Waals surface area contributed by atoms with Crippen molar-refractivity contribution in [2.75, 3.05) is 5.73 Å². The van der Waals surface area contributed by atoms with E-state index in [1.54, 1.807) is 0 Å². The third-order valence-corrected chi connectivity index (χ3v) is 2.47. The van der Waals surface area contributed by atoms with Crippen molar-refractivity contribution in [3.05, 3.63) is 18.2 Å². The molecule has 0 aromatic heterocycles. The molecule has 9 heteroatoms. The molecule has 0 spiro atoms. The number of halogens is 3. The molecule has 0 atom stereocenters. The molecule has 0 saturated carbocycles. The Balaban J connectivity index is 3.36. The molecule has 90 valence electrons. The molecule has 0 saturated heterocycles. The average Bonchev–Trinajstić information content (AvgIpc) is 2.04. The maximum Gasteiger partial charge on any atom is 0.573 e. The highest BCUT2D eigenvalue weighted by atomic mass is 32.2. The fourth-order valence-corrected chi connectivity index (χ4v) is 1.67. The molecule has 5 nitrogen and oxygen atoms in total. The maximum absolute atomic E-state index is 12.0. The number of para-hydroxylation sites is 1. The van der Waals surface area contributed by atoms with Gasteiger partial charge in [0, 0.05) is 0 Å². The van der Waals surface area contributed by atoms with Gasteiger partial charge in [-0.15, -0.1) is 13.2 Å². The molecule has 1 rings (SSSR count). The highest BCUT2D eigenvalue weighted by Gasteiger charge is 2.34. The van der Waals surface area contributed by atoms with E-state index < -0.39 is 32.7 Å². The van der Waals surface area contributed by atoms with Crippen molar-refractivity contribution in [2.24, 2.45) is 5.14 Å². The molecule has 1 aromatic carbocycles. The molecule has 0 aliphatic rings. The summed E-state index contributed by atoms with van der Waals surface area (Å²) < 4.78 is 61.4. The second-order valence-electron chi connectivity index (χ2n) is 2.77. The van der Waals surface area contributed by atoms with E-state index in [1.807, 2.05) is 0 Å². The van der Waals surface area contributed by atoms with Crippen molar-refractivity contribution < 1.29 is 26.3 Å². The zero-order valence-electron chi connectivity index (χ0n) is 7.65. The average molecular weight is 256 g/mol. The van der Waals surface area contributed by atoms with Crippen LogP contribution in [0.25, 0.3) is 0 Å². The van der Waals surface area contributed by atoms with Crippen molar-refractivity contribution in [1.82, 2.24) is 0 Å². The molecule has 0 fully saturated rings. The Morgan fingerprint density at radius 2 is 1.81 bits per heavy atom. The molecule has 0 unspecified atom stereocenters. The van der Waals surface area contributed by atoms with E-state index in [2.05, 4.69) is 4.74 Å². The number of rotatable bonds is 2. The van der Waals surface area contributed by atoms with Gasteiger partial charge in [-0.2, -0.15) is 0 Å². The number of hydrogen-bond donors (Lipinski definition) is 2. The topological polar surface area (TPSA) is 95.4 Å². The van der Waals surface area contributed by atoms with Gasteiger partial charge in [0.05, 0.1) is 5.69 Å². The Morgan fingerprint density at radius 1 is 1.25 bits per heavy atom. The standard InChI is InChI=1S/C7H7F3N2O3S/c8-7(9,10)15-6-4(11)2-1-3-5(6)16(12,13)14/h1-3H,11H2,(H2,12,13,14). The largest absolute Gasteiger partial charge is 0.573 e. The molecule has 0 bridgehead atoms. The zero-order chi connectivity index (χ0) is 12.6. The minimum absolute atomic E-state index is 0.469. The number of sulfonamides is 1. The van der Waals surface area contributed by atoms with Crippen molar-refractivity contribution in [1.29, 1.82) is 0 Å². The Bertz CT molecular complexity index is 498. The van der Waals surface area contributed by atoms with Gasteiger partial charge in [0.25, 0.3) is 0 Å². The molecular formula is C7H7F3N2O3S. The number of ether oxygens (including phenoxy) is 1. The normalized spacial score (nSPS) is 12.5. The summed E-state index contributed by atoms with van der Waals surface area (Å²) in [7, 11) is -4.33. The number of alkyl halides is 3. The first-order chi connectivity index (χ1) is 7.11. The van der Waals surface area contributed by atoms with Crippen molar-refractivity contribution >= 4 is 15.7 Å². The fraction of sp³-hybridized carbons (Fsp3) is 0.143. The lowest BCUT2D eigenvalue weighted by atomic mass is 10.3. The van der Waals surface area contributed by atoms with Gasteiger partial charge in [-0.25, -0.2) is 13.6 Å². The molecular weight excluding hydrogens is 249 g/mol. The van der Waals surface area contributed by atoms with Crippen LogP contribution in [0.1, 0.15) is 0 Å². The van der Waals surface area contributed by atoms with Crippen LogP contribution in [0.5, 0.6) is 5.75 Å². The molecule has 0 radical (unpaired) electrons. The Morgan fingerprint density at radius 3 is 2.25 bits per heavy atom. The number of anilines is 1. The lowest BCUT2D eigenvalue weighted by molar-refractivity contribution is -0.275. The Labute approximate surface area is 88.8 Å². The summed E-state index contributed by atoms with van der Waals surface area (Å²) in [5.41, 5.74) is 4.71. The van der Waals surface area contributed by atoms with Gasteiger partial charge in [-0.1, -0.05) is 6.07 Å². The number of primary sulfonamides is 1. The number of nitrogen functional groups attached to an aromatic ring is 1. The van der Waals surface area contributed by atoms with Crippen molar-refractivity contribution in [3.8, 4) is 5.75 Å². The van der Waals surface area contributed by atoms with Crippen LogP contribution >= 0.6 is 0 Å². The van der Waals surface area contributed by atoms with Gasteiger partial charge < -0.3 is 10.5 Å². The SMILES string of the molecule is Nc1cccc(S(N)(=O)=O)c1OC(F)(F)F. The smallest absolute Gasteiger partial charge is 0.402 e. The highest BCUT2D eigenvalue weighted by molar-refractivity contribution is 7.89. The molecule has 1 aromatic rings. The van der Waals surface area contributed by atoms with Crippen LogP contribution in [0.15, 0.2) is 23.1 Å². The fourth-order valence-electron chi connectivity index (χ4n) is 0.982. The lowest BCUT2D eigenvalue weighted by Gasteiger charge is -2.13. The summed E-state index contributed by atoms with van der Waals surface area (Å²) in [5.74, 6) is -1.02. The first-order valence-corrected chi connectivity index (χ1v) is 5.33. The minimum atomic E-state index is -5.05. The predicted molar refractivity (Wildman–Crippen MR) is 48.9 cm³/mol.